The molecule has 3 nitrogen and oxygen atoms in total. The summed E-state index contributed by atoms with van der Waals surface area (Å²) in [6.07, 6.45) is 0.801. The third-order valence-corrected chi connectivity index (χ3v) is 3.10. The topological polar surface area (TPSA) is 43.1 Å². The highest BCUT2D eigenvalue weighted by atomic mass is 35.5. The lowest BCUT2D eigenvalue weighted by Gasteiger charge is -2.03. The summed E-state index contributed by atoms with van der Waals surface area (Å²) in [7, 11) is 0. The van der Waals surface area contributed by atoms with Gasteiger partial charge in [-0.1, -0.05) is 48.0 Å². The first kappa shape index (κ1) is 11.9. The van der Waals surface area contributed by atoms with Crippen molar-refractivity contribution in [2.24, 2.45) is 0 Å². The fourth-order valence-corrected chi connectivity index (χ4v) is 2.10. The summed E-state index contributed by atoms with van der Waals surface area (Å²) in [5.41, 5.74) is 2.75. The van der Waals surface area contributed by atoms with Crippen molar-refractivity contribution in [1.82, 2.24) is 4.98 Å². The maximum Gasteiger partial charge on any atom is 0.374 e. The minimum absolute atomic E-state index is 0.135. The molecule has 2 aromatic carbocycles. The molecule has 0 saturated carbocycles. The van der Waals surface area contributed by atoms with Gasteiger partial charge in [-0.15, -0.1) is 0 Å². The molecule has 0 bridgehead atoms. The van der Waals surface area contributed by atoms with Gasteiger partial charge in [0.05, 0.1) is 0 Å². The van der Waals surface area contributed by atoms with Crippen LogP contribution in [0, 0.1) is 0 Å². The Morgan fingerprint density at radius 3 is 2.63 bits per heavy atom. The quantitative estimate of drug-likeness (QED) is 0.717. The smallest absolute Gasteiger partial charge is 0.374 e. The second kappa shape index (κ2) is 4.86. The summed E-state index contributed by atoms with van der Waals surface area (Å²) in [5.74, 6) is 0. The van der Waals surface area contributed by atoms with Crippen molar-refractivity contribution in [1.29, 1.82) is 0 Å². The molecule has 0 aliphatic rings. The predicted octanol–water partition coefficient (Wildman–Crippen LogP) is 3.43. The lowest BCUT2D eigenvalue weighted by molar-refractivity contribution is 0.555. The predicted molar refractivity (Wildman–Crippen MR) is 74.5 cm³/mol. The number of rotatable bonds is 2. The van der Waals surface area contributed by atoms with Crippen LogP contribution in [0.25, 0.3) is 11.1 Å². The van der Waals surface area contributed by atoms with Gasteiger partial charge < -0.3 is 4.42 Å². The van der Waals surface area contributed by atoms with E-state index >= 15 is 0 Å². The first-order valence-corrected chi connectivity index (χ1v) is 6.23. The van der Waals surface area contributed by atoms with Gasteiger partial charge in [0, 0.05) is 0 Å². The van der Waals surface area contributed by atoms with E-state index in [1.54, 1.807) is 6.07 Å². The molecule has 19 heavy (non-hydrogen) atoms. The normalized spacial score (nSPS) is 10.8. The van der Waals surface area contributed by atoms with Gasteiger partial charge in [-0.2, -0.15) is 0 Å². The van der Waals surface area contributed by atoms with Crippen LogP contribution < -0.4 is 5.63 Å². The van der Waals surface area contributed by atoms with Gasteiger partial charge in [0.15, 0.2) is 5.58 Å². The number of aromatic nitrogens is 1. The van der Waals surface area contributed by atoms with Crippen molar-refractivity contribution in [3.63, 3.8) is 0 Å². The lowest BCUT2D eigenvalue weighted by Crippen LogP contribution is -2.02. The van der Waals surface area contributed by atoms with Crippen molar-refractivity contribution in [3.8, 4) is 0 Å². The molecule has 1 aromatic heterocycles. The van der Waals surface area contributed by atoms with Crippen LogP contribution in [0.2, 0.25) is 5.15 Å². The molecule has 0 atom stereocenters. The maximum absolute atomic E-state index is 11.2. The molecular weight excluding hydrogens is 262 g/mol. The second-order valence-electron chi connectivity index (χ2n) is 4.26. The summed E-state index contributed by atoms with van der Waals surface area (Å²) in [5, 5.41) is -0.135. The number of fused-ring (bicyclic) bond motifs is 1. The Morgan fingerprint density at radius 1 is 1.05 bits per heavy atom. The molecule has 0 saturated heterocycles. The van der Waals surface area contributed by atoms with E-state index < -0.39 is 5.63 Å². The summed E-state index contributed by atoms with van der Waals surface area (Å²) in [6.45, 7) is 0. The van der Waals surface area contributed by atoms with Crippen LogP contribution in [0.1, 0.15) is 11.1 Å². The average molecular weight is 272 g/mol. The zero-order chi connectivity index (χ0) is 13.2. The van der Waals surface area contributed by atoms with Crippen LogP contribution in [0.15, 0.2) is 57.7 Å². The van der Waals surface area contributed by atoms with Crippen LogP contribution in [-0.4, -0.2) is 4.98 Å². The molecule has 1 heterocycles. The number of nitrogens with zero attached hydrogens (tertiary/aromatic N) is 1. The lowest BCUT2D eigenvalue weighted by atomic mass is 10.0. The van der Waals surface area contributed by atoms with Gasteiger partial charge in [-0.25, -0.2) is 9.78 Å². The van der Waals surface area contributed by atoms with E-state index in [0.717, 1.165) is 12.0 Å². The Balaban J connectivity index is 2.02. The maximum atomic E-state index is 11.2. The minimum Gasteiger partial charge on any atom is -0.419 e. The molecule has 4 heteroatoms. The second-order valence-corrected chi connectivity index (χ2v) is 4.61. The van der Waals surface area contributed by atoms with Crippen LogP contribution in [0.4, 0.5) is 0 Å². The molecule has 94 valence electrons. The molecule has 3 aromatic rings. The van der Waals surface area contributed by atoms with Crippen molar-refractivity contribution in [2.75, 3.05) is 0 Å². The van der Waals surface area contributed by atoms with Gasteiger partial charge in [-0.05, 0) is 29.7 Å². The molecular formula is C15H10ClNO2. The molecule has 0 spiro atoms. The molecule has 0 fully saturated rings. The average Bonchev–Trinajstić information content (AvgIpc) is 2.42. The van der Waals surface area contributed by atoms with E-state index in [0.29, 0.717) is 11.1 Å². The Bertz CT molecular complexity index is 781. The fraction of sp³-hybridized carbons (Fsp3) is 0.0667. The van der Waals surface area contributed by atoms with Crippen molar-refractivity contribution in [2.45, 2.75) is 6.42 Å². The highest BCUT2D eigenvalue weighted by molar-refractivity contribution is 6.29. The molecule has 0 unspecified atom stereocenters. The molecule has 3 rings (SSSR count). The number of halogens is 1. The standard InChI is InChI=1S/C15H10ClNO2/c16-14-15(18)19-13-7-6-11(9-12(13)17-14)8-10-4-2-1-3-5-10/h1-7,9H,8H2. The van der Waals surface area contributed by atoms with Crippen LogP contribution >= 0.6 is 11.6 Å². The van der Waals surface area contributed by atoms with Crippen molar-refractivity contribution >= 4 is 22.7 Å². The van der Waals surface area contributed by atoms with E-state index in [1.165, 1.54) is 5.56 Å². The van der Waals surface area contributed by atoms with Gasteiger partial charge in [-0.3, -0.25) is 0 Å². The highest BCUT2D eigenvalue weighted by Gasteiger charge is 2.05. The molecule has 0 radical (unpaired) electrons. The summed E-state index contributed by atoms with van der Waals surface area (Å²) < 4.78 is 5.05. The minimum atomic E-state index is -0.607. The summed E-state index contributed by atoms with van der Waals surface area (Å²) in [4.78, 5) is 15.3. The van der Waals surface area contributed by atoms with E-state index in [-0.39, 0.29) is 5.15 Å². The first-order valence-electron chi connectivity index (χ1n) is 5.85. The summed E-state index contributed by atoms with van der Waals surface area (Å²) >= 11 is 5.68. The van der Waals surface area contributed by atoms with Gasteiger partial charge in [0.2, 0.25) is 5.15 Å². The summed E-state index contributed by atoms with van der Waals surface area (Å²) in [6, 6.07) is 15.7. The van der Waals surface area contributed by atoms with E-state index in [2.05, 4.69) is 17.1 Å². The van der Waals surface area contributed by atoms with Crippen molar-refractivity contribution in [3.05, 3.63) is 75.2 Å². The van der Waals surface area contributed by atoms with Gasteiger partial charge in [0.1, 0.15) is 5.52 Å². The van der Waals surface area contributed by atoms with E-state index in [4.69, 9.17) is 16.0 Å². The Hall–Kier alpha value is -2.13. The number of hydrogen-bond donors (Lipinski definition) is 0. The Kier molecular flexibility index (Phi) is 3.05. The van der Waals surface area contributed by atoms with E-state index in [9.17, 15) is 4.79 Å². The van der Waals surface area contributed by atoms with E-state index in [1.807, 2.05) is 30.3 Å². The zero-order valence-corrected chi connectivity index (χ0v) is 10.7. The van der Waals surface area contributed by atoms with Gasteiger partial charge in [0.25, 0.3) is 0 Å². The van der Waals surface area contributed by atoms with Gasteiger partial charge >= 0.3 is 5.63 Å². The molecule has 0 N–H and O–H groups in total. The van der Waals surface area contributed by atoms with Crippen molar-refractivity contribution < 1.29 is 4.42 Å². The Labute approximate surface area is 114 Å². The van der Waals surface area contributed by atoms with Crippen LogP contribution in [0.3, 0.4) is 0 Å². The zero-order valence-electron chi connectivity index (χ0n) is 9.97. The largest absolute Gasteiger partial charge is 0.419 e. The molecule has 0 aliphatic heterocycles. The first-order chi connectivity index (χ1) is 9.22. The fourth-order valence-electron chi connectivity index (χ4n) is 1.97. The molecule has 0 amide bonds. The SMILES string of the molecule is O=c1oc2ccc(Cc3ccccc3)cc2nc1Cl. The monoisotopic (exact) mass is 271 g/mol. The highest BCUT2D eigenvalue weighted by Crippen LogP contribution is 2.16. The number of benzene rings is 2. The van der Waals surface area contributed by atoms with Crippen LogP contribution in [0.5, 0.6) is 0 Å². The number of hydrogen-bond acceptors (Lipinski definition) is 3. The Morgan fingerprint density at radius 2 is 1.84 bits per heavy atom. The third-order valence-electron chi connectivity index (χ3n) is 2.86. The van der Waals surface area contributed by atoms with Crippen LogP contribution in [-0.2, 0) is 6.42 Å². The molecule has 0 aliphatic carbocycles. The third kappa shape index (κ3) is 2.51.